The van der Waals surface area contributed by atoms with Crippen molar-refractivity contribution >= 4 is 5.97 Å². The van der Waals surface area contributed by atoms with Crippen LogP contribution in [-0.4, -0.2) is 22.8 Å². The Balaban J connectivity index is 2.24. The zero-order valence-corrected chi connectivity index (χ0v) is 16.6. The molecule has 142 valence electrons. The third kappa shape index (κ3) is 8.50. The van der Waals surface area contributed by atoms with E-state index >= 15 is 0 Å². The van der Waals surface area contributed by atoms with Gasteiger partial charge in [0.25, 0.3) is 0 Å². The Morgan fingerprint density at radius 1 is 1.12 bits per heavy atom. The highest BCUT2D eigenvalue weighted by Gasteiger charge is 2.28. The highest BCUT2D eigenvalue weighted by molar-refractivity contribution is 5.72. The molecule has 3 heteroatoms. The van der Waals surface area contributed by atoms with E-state index < -0.39 is 5.60 Å². The third-order valence-corrected chi connectivity index (χ3v) is 5.36. The van der Waals surface area contributed by atoms with Crippen LogP contribution in [0.2, 0.25) is 0 Å². The smallest absolute Gasteiger partial charge is 0.309 e. The maximum Gasteiger partial charge on any atom is 0.309 e. The number of rotatable bonds is 9. The predicted octanol–water partition coefficient (Wildman–Crippen LogP) is 5.49. The summed E-state index contributed by atoms with van der Waals surface area (Å²) in [6.45, 7) is 9.85. The Morgan fingerprint density at radius 2 is 1.75 bits per heavy atom. The minimum atomic E-state index is -0.430. The molecule has 3 nitrogen and oxygen atoms in total. The second-order valence-electron chi connectivity index (χ2n) is 8.86. The third-order valence-electron chi connectivity index (χ3n) is 5.36. The summed E-state index contributed by atoms with van der Waals surface area (Å²) < 4.78 is 5.42. The number of unbranched alkanes of at least 4 members (excludes halogenated alkanes) is 2. The molecule has 0 aliphatic heterocycles. The zero-order valence-electron chi connectivity index (χ0n) is 16.6. The lowest BCUT2D eigenvalue weighted by Gasteiger charge is -2.32. The van der Waals surface area contributed by atoms with E-state index in [0.717, 1.165) is 18.8 Å². The van der Waals surface area contributed by atoms with E-state index in [0.29, 0.717) is 18.8 Å². The van der Waals surface area contributed by atoms with E-state index in [1.54, 1.807) is 0 Å². The van der Waals surface area contributed by atoms with Crippen molar-refractivity contribution in [1.29, 1.82) is 0 Å². The number of esters is 1. The lowest BCUT2D eigenvalue weighted by Crippen LogP contribution is -2.29. The number of aliphatic hydroxyl groups is 1. The minimum absolute atomic E-state index is 0.135. The predicted molar refractivity (Wildman–Crippen MR) is 99.8 cm³/mol. The van der Waals surface area contributed by atoms with Crippen molar-refractivity contribution in [1.82, 2.24) is 0 Å². The quantitative estimate of drug-likeness (QED) is 0.446. The summed E-state index contributed by atoms with van der Waals surface area (Å²) >= 11 is 0. The summed E-state index contributed by atoms with van der Waals surface area (Å²) in [6, 6.07) is 0. The average Bonchev–Trinajstić information content (AvgIpc) is 2.51. The van der Waals surface area contributed by atoms with Crippen LogP contribution in [0.3, 0.4) is 0 Å². The number of carbonyl (C=O) groups is 1. The molecular weight excluding hydrogens is 300 g/mol. The van der Waals surface area contributed by atoms with Gasteiger partial charge in [0, 0.05) is 0 Å². The molecule has 0 bridgehead atoms. The van der Waals surface area contributed by atoms with Crippen molar-refractivity contribution in [2.45, 2.75) is 111 Å². The van der Waals surface area contributed by atoms with Crippen LogP contribution >= 0.6 is 0 Å². The SMILES string of the molecule is CCCCCC1CCC(C(O)CCC(C)C(=O)OC(C)(C)C)CC1. The normalized spacial score (nSPS) is 24.4. The molecule has 2 atom stereocenters. The fraction of sp³-hybridized carbons (Fsp3) is 0.952. The molecule has 0 saturated heterocycles. The zero-order chi connectivity index (χ0) is 18.2. The molecule has 0 aromatic rings. The second-order valence-corrected chi connectivity index (χ2v) is 8.86. The first-order valence-electron chi connectivity index (χ1n) is 10.1. The largest absolute Gasteiger partial charge is 0.460 e. The number of carbonyl (C=O) groups excluding carboxylic acids is 1. The van der Waals surface area contributed by atoms with E-state index in [2.05, 4.69) is 6.92 Å². The standard InChI is InChI=1S/C21H40O3/c1-6-7-8-9-17-11-13-18(14-12-17)19(22)15-10-16(2)20(23)24-21(3,4)5/h16-19,22H,6-15H2,1-5H3. The minimum Gasteiger partial charge on any atom is -0.460 e. The summed E-state index contributed by atoms with van der Waals surface area (Å²) in [7, 11) is 0. The fourth-order valence-electron chi connectivity index (χ4n) is 3.72. The van der Waals surface area contributed by atoms with Gasteiger partial charge in [-0.3, -0.25) is 4.79 Å². The molecule has 0 aromatic heterocycles. The lowest BCUT2D eigenvalue weighted by molar-refractivity contribution is -0.159. The molecule has 1 rings (SSSR count). The molecule has 1 aliphatic rings. The summed E-state index contributed by atoms with van der Waals surface area (Å²) in [5.74, 6) is 1.03. The highest BCUT2D eigenvalue weighted by Crippen LogP contribution is 2.35. The monoisotopic (exact) mass is 340 g/mol. The summed E-state index contributed by atoms with van der Waals surface area (Å²) in [4.78, 5) is 12.0. The summed E-state index contributed by atoms with van der Waals surface area (Å²) in [6.07, 6.45) is 11.4. The molecular formula is C21H40O3. The first-order chi connectivity index (χ1) is 11.2. The number of hydrogen-bond acceptors (Lipinski definition) is 3. The fourth-order valence-corrected chi connectivity index (χ4v) is 3.72. The Morgan fingerprint density at radius 3 is 2.29 bits per heavy atom. The van der Waals surface area contributed by atoms with E-state index in [4.69, 9.17) is 4.74 Å². The lowest BCUT2D eigenvalue weighted by atomic mass is 9.76. The van der Waals surface area contributed by atoms with Crippen molar-refractivity contribution in [3.8, 4) is 0 Å². The topological polar surface area (TPSA) is 46.5 Å². The Hall–Kier alpha value is -0.570. The van der Waals surface area contributed by atoms with Gasteiger partial charge < -0.3 is 9.84 Å². The molecule has 1 aliphatic carbocycles. The molecule has 1 saturated carbocycles. The summed E-state index contributed by atoms with van der Waals surface area (Å²) in [5.41, 5.74) is -0.430. The first kappa shape index (κ1) is 21.5. The second kappa shape index (κ2) is 10.4. The van der Waals surface area contributed by atoms with Crippen LogP contribution in [0.4, 0.5) is 0 Å². The van der Waals surface area contributed by atoms with Gasteiger partial charge >= 0.3 is 5.97 Å². The van der Waals surface area contributed by atoms with E-state index in [1.807, 2.05) is 27.7 Å². The van der Waals surface area contributed by atoms with Gasteiger partial charge in [0.1, 0.15) is 5.60 Å². The van der Waals surface area contributed by atoms with Gasteiger partial charge in [-0.05, 0) is 58.3 Å². The molecule has 0 aromatic carbocycles. The highest BCUT2D eigenvalue weighted by atomic mass is 16.6. The van der Waals surface area contributed by atoms with Gasteiger partial charge in [0.05, 0.1) is 12.0 Å². The van der Waals surface area contributed by atoms with E-state index in [1.165, 1.54) is 38.5 Å². The molecule has 1 N–H and O–H groups in total. The van der Waals surface area contributed by atoms with Crippen LogP contribution < -0.4 is 0 Å². The average molecular weight is 341 g/mol. The van der Waals surface area contributed by atoms with Gasteiger partial charge in [0.15, 0.2) is 0 Å². The van der Waals surface area contributed by atoms with Crippen molar-refractivity contribution in [3.63, 3.8) is 0 Å². The first-order valence-corrected chi connectivity index (χ1v) is 10.1. The van der Waals surface area contributed by atoms with Crippen LogP contribution in [0.25, 0.3) is 0 Å². The molecule has 1 fully saturated rings. The maximum atomic E-state index is 12.0. The number of ether oxygens (including phenoxy) is 1. The molecule has 2 unspecified atom stereocenters. The van der Waals surface area contributed by atoms with Crippen LogP contribution in [0.15, 0.2) is 0 Å². The van der Waals surface area contributed by atoms with Gasteiger partial charge in [-0.2, -0.15) is 0 Å². The van der Waals surface area contributed by atoms with Crippen LogP contribution in [0, 0.1) is 17.8 Å². The number of aliphatic hydroxyl groups excluding tert-OH is 1. The van der Waals surface area contributed by atoms with Gasteiger partial charge in [-0.25, -0.2) is 0 Å². The van der Waals surface area contributed by atoms with Gasteiger partial charge in [-0.1, -0.05) is 52.4 Å². The molecule has 0 amide bonds. The van der Waals surface area contributed by atoms with Crippen molar-refractivity contribution in [3.05, 3.63) is 0 Å². The van der Waals surface area contributed by atoms with Gasteiger partial charge in [-0.15, -0.1) is 0 Å². The van der Waals surface area contributed by atoms with Crippen LogP contribution in [-0.2, 0) is 9.53 Å². The number of hydrogen-bond donors (Lipinski definition) is 1. The Bertz CT molecular complexity index is 351. The Labute approximate surface area is 149 Å². The maximum absolute atomic E-state index is 12.0. The van der Waals surface area contributed by atoms with Crippen molar-refractivity contribution < 1.29 is 14.6 Å². The van der Waals surface area contributed by atoms with E-state index in [-0.39, 0.29) is 18.0 Å². The van der Waals surface area contributed by atoms with Crippen LogP contribution in [0.1, 0.15) is 98.8 Å². The molecule has 0 radical (unpaired) electrons. The van der Waals surface area contributed by atoms with Crippen molar-refractivity contribution in [2.75, 3.05) is 0 Å². The summed E-state index contributed by atoms with van der Waals surface area (Å²) in [5, 5.41) is 10.5. The molecule has 0 spiro atoms. The van der Waals surface area contributed by atoms with Crippen LogP contribution in [0.5, 0.6) is 0 Å². The molecule has 0 heterocycles. The Kier molecular flexibility index (Phi) is 9.33. The van der Waals surface area contributed by atoms with Gasteiger partial charge in [0.2, 0.25) is 0 Å². The molecule has 24 heavy (non-hydrogen) atoms. The van der Waals surface area contributed by atoms with Crippen molar-refractivity contribution in [2.24, 2.45) is 17.8 Å². The van der Waals surface area contributed by atoms with E-state index in [9.17, 15) is 9.90 Å².